The molecule has 3 N–H and O–H groups in total. The summed E-state index contributed by atoms with van der Waals surface area (Å²) in [5, 5.41) is 3.66. The van der Waals surface area contributed by atoms with Crippen LogP contribution in [-0.4, -0.2) is 25.1 Å². The van der Waals surface area contributed by atoms with Crippen molar-refractivity contribution in [2.75, 3.05) is 13.2 Å². The smallest absolute Gasteiger partial charge is 0.258 e. The Morgan fingerprint density at radius 1 is 1.33 bits per heavy atom. The van der Waals surface area contributed by atoms with E-state index in [0.29, 0.717) is 29.8 Å². The molecular weight excluding hydrogens is 288 g/mol. The lowest BCUT2D eigenvalue weighted by Gasteiger charge is -2.22. The Balaban J connectivity index is 1.87. The normalized spacial score (nSPS) is 15.7. The number of carbonyl (C=O) groups is 1. The second-order valence-corrected chi connectivity index (χ2v) is 5.85. The fourth-order valence-corrected chi connectivity index (χ4v) is 2.98. The van der Waals surface area contributed by atoms with E-state index in [1.807, 2.05) is 18.2 Å². The van der Waals surface area contributed by atoms with Crippen molar-refractivity contribution in [3.05, 3.63) is 28.8 Å². The quantitative estimate of drug-likeness (QED) is 0.849. The van der Waals surface area contributed by atoms with Gasteiger partial charge in [0.05, 0.1) is 0 Å². The van der Waals surface area contributed by atoms with E-state index in [0.717, 1.165) is 18.4 Å². The lowest BCUT2D eigenvalue weighted by molar-refractivity contribution is -0.124. The van der Waals surface area contributed by atoms with Gasteiger partial charge in [-0.3, -0.25) is 4.79 Å². The van der Waals surface area contributed by atoms with Gasteiger partial charge in [-0.05, 0) is 37.9 Å². The topological polar surface area (TPSA) is 64.3 Å². The Labute approximate surface area is 131 Å². The molecule has 1 saturated carbocycles. The van der Waals surface area contributed by atoms with Gasteiger partial charge < -0.3 is 15.8 Å². The SMILES string of the molecule is NCCc1c(Cl)cccc1OCC(=O)NC1CCCCC1. The Morgan fingerprint density at radius 2 is 2.10 bits per heavy atom. The zero-order valence-corrected chi connectivity index (χ0v) is 13.0. The molecule has 5 heteroatoms. The fraction of sp³-hybridized carbons (Fsp3) is 0.562. The van der Waals surface area contributed by atoms with Gasteiger partial charge in [0.2, 0.25) is 0 Å². The maximum atomic E-state index is 11.9. The summed E-state index contributed by atoms with van der Waals surface area (Å²) < 4.78 is 5.62. The number of nitrogens with one attached hydrogen (secondary N) is 1. The summed E-state index contributed by atoms with van der Waals surface area (Å²) in [6.45, 7) is 0.517. The molecular formula is C16H23ClN2O2. The molecule has 0 aromatic heterocycles. The van der Waals surface area contributed by atoms with E-state index in [-0.39, 0.29) is 12.5 Å². The molecule has 0 saturated heterocycles. The summed E-state index contributed by atoms with van der Waals surface area (Å²) in [6.07, 6.45) is 6.44. The highest BCUT2D eigenvalue weighted by molar-refractivity contribution is 6.31. The maximum Gasteiger partial charge on any atom is 0.258 e. The summed E-state index contributed by atoms with van der Waals surface area (Å²) >= 11 is 6.14. The lowest BCUT2D eigenvalue weighted by Crippen LogP contribution is -2.39. The minimum absolute atomic E-state index is 0.0222. The van der Waals surface area contributed by atoms with Gasteiger partial charge in [0.25, 0.3) is 5.91 Å². The van der Waals surface area contributed by atoms with Crippen molar-refractivity contribution in [2.45, 2.75) is 44.6 Å². The molecule has 1 aliphatic rings. The average molecular weight is 311 g/mol. The monoisotopic (exact) mass is 310 g/mol. The lowest BCUT2D eigenvalue weighted by atomic mass is 9.95. The van der Waals surface area contributed by atoms with Gasteiger partial charge >= 0.3 is 0 Å². The Hall–Kier alpha value is -1.26. The minimum atomic E-state index is -0.0689. The average Bonchev–Trinajstić information content (AvgIpc) is 2.49. The van der Waals surface area contributed by atoms with Crippen LogP contribution in [0.5, 0.6) is 5.75 Å². The zero-order chi connectivity index (χ0) is 15.1. The van der Waals surface area contributed by atoms with Gasteiger partial charge in [0.1, 0.15) is 5.75 Å². The number of rotatable bonds is 6. The molecule has 2 rings (SSSR count). The molecule has 0 radical (unpaired) electrons. The molecule has 4 nitrogen and oxygen atoms in total. The predicted molar refractivity (Wildman–Crippen MR) is 84.7 cm³/mol. The summed E-state index contributed by atoms with van der Waals surface area (Å²) in [5.41, 5.74) is 6.45. The third kappa shape index (κ3) is 4.90. The highest BCUT2D eigenvalue weighted by Crippen LogP contribution is 2.26. The van der Waals surface area contributed by atoms with Crippen LogP contribution in [-0.2, 0) is 11.2 Å². The van der Waals surface area contributed by atoms with Crippen molar-refractivity contribution in [3.8, 4) is 5.75 Å². The van der Waals surface area contributed by atoms with Crippen molar-refractivity contribution in [2.24, 2.45) is 5.73 Å². The van der Waals surface area contributed by atoms with E-state index in [1.165, 1.54) is 19.3 Å². The van der Waals surface area contributed by atoms with E-state index in [2.05, 4.69) is 5.32 Å². The number of amides is 1. The van der Waals surface area contributed by atoms with Crippen LogP contribution in [0.4, 0.5) is 0 Å². The van der Waals surface area contributed by atoms with Crippen molar-refractivity contribution >= 4 is 17.5 Å². The van der Waals surface area contributed by atoms with E-state index < -0.39 is 0 Å². The van der Waals surface area contributed by atoms with E-state index >= 15 is 0 Å². The van der Waals surface area contributed by atoms with E-state index in [4.69, 9.17) is 22.1 Å². The molecule has 0 bridgehead atoms. The minimum Gasteiger partial charge on any atom is -0.483 e. The molecule has 0 spiro atoms. The number of ether oxygens (including phenoxy) is 1. The molecule has 1 aromatic carbocycles. The highest BCUT2D eigenvalue weighted by atomic mass is 35.5. The van der Waals surface area contributed by atoms with Gasteiger partial charge in [-0.1, -0.05) is 36.9 Å². The first-order chi connectivity index (χ1) is 10.2. The molecule has 0 heterocycles. The molecule has 0 aliphatic heterocycles. The third-order valence-electron chi connectivity index (χ3n) is 3.80. The van der Waals surface area contributed by atoms with E-state index in [9.17, 15) is 4.79 Å². The van der Waals surface area contributed by atoms with Crippen LogP contribution in [0.25, 0.3) is 0 Å². The van der Waals surface area contributed by atoms with Crippen LogP contribution in [0.2, 0.25) is 5.02 Å². The number of hydrogen-bond acceptors (Lipinski definition) is 3. The maximum absolute atomic E-state index is 11.9. The molecule has 1 aliphatic carbocycles. The Bertz CT molecular complexity index is 473. The molecule has 1 fully saturated rings. The number of benzene rings is 1. The molecule has 1 aromatic rings. The van der Waals surface area contributed by atoms with Crippen LogP contribution < -0.4 is 15.8 Å². The fourth-order valence-electron chi connectivity index (χ4n) is 2.72. The third-order valence-corrected chi connectivity index (χ3v) is 4.15. The number of hydrogen-bond donors (Lipinski definition) is 2. The molecule has 0 atom stereocenters. The summed E-state index contributed by atoms with van der Waals surface area (Å²) in [7, 11) is 0. The van der Waals surface area contributed by atoms with Crippen molar-refractivity contribution in [1.82, 2.24) is 5.32 Å². The summed E-state index contributed by atoms with van der Waals surface area (Å²) in [4.78, 5) is 11.9. The van der Waals surface area contributed by atoms with Crippen molar-refractivity contribution in [3.63, 3.8) is 0 Å². The number of nitrogens with two attached hydrogens (primary N) is 1. The Kier molecular flexibility index (Phi) is 6.33. The van der Waals surface area contributed by atoms with Gasteiger partial charge in [0, 0.05) is 16.6 Å². The van der Waals surface area contributed by atoms with Crippen LogP contribution in [0.3, 0.4) is 0 Å². The molecule has 21 heavy (non-hydrogen) atoms. The van der Waals surface area contributed by atoms with Crippen molar-refractivity contribution < 1.29 is 9.53 Å². The first-order valence-corrected chi connectivity index (χ1v) is 7.98. The number of halogens is 1. The largest absolute Gasteiger partial charge is 0.483 e. The molecule has 0 unspecified atom stereocenters. The Morgan fingerprint density at radius 3 is 2.81 bits per heavy atom. The summed E-state index contributed by atoms with van der Waals surface area (Å²) in [6, 6.07) is 5.75. The second kappa shape index (κ2) is 8.25. The van der Waals surface area contributed by atoms with Crippen LogP contribution in [0.1, 0.15) is 37.7 Å². The molecule has 1 amide bonds. The van der Waals surface area contributed by atoms with Gasteiger partial charge in [-0.15, -0.1) is 0 Å². The van der Waals surface area contributed by atoms with Crippen LogP contribution in [0.15, 0.2) is 18.2 Å². The van der Waals surface area contributed by atoms with Crippen molar-refractivity contribution in [1.29, 1.82) is 0 Å². The first kappa shape index (κ1) is 16.1. The van der Waals surface area contributed by atoms with Crippen LogP contribution in [0, 0.1) is 0 Å². The first-order valence-electron chi connectivity index (χ1n) is 7.60. The second-order valence-electron chi connectivity index (χ2n) is 5.45. The predicted octanol–water partition coefficient (Wildman–Crippen LogP) is 2.67. The number of carbonyl (C=O) groups excluding carboxylic acids is 1. The van der Waals surface area contributed by atoms with E-state index in [1.54, 1.807) is 0 Å². The molecule has 116 valence electrons. The zero-order valence-electron chi connectivity index (χ0n) is 12.2. The van der Waals surface area contributed by atoms with Gasteiger partial charge in [0.15, 0.2) is 6.61 Å². The highest BCUT2D eigenvalue weighted by Gasteiger charge is 2.16. The summed E-state index contributed by atoms with van der Waals surface area (Å²) in [5.74, 6) is 0.576. The van der Waals surface area contributed by atoms with Gasteiger partial charge in [-0.25, -0.2) is 0 Å². The van der Waals surface area contributed by atoms with Crippen LogP contribution >= 0.6 is 11.6 Å². The van der Waals surface area contributed by atoms with Gasteiger partial charge in [-0.2, -0.15) is 0 Å². The standard InChI is InChI=1S/C16H23ClN2O2/c17-14-7-4-8-15(13(14)9-10-18)21-11-16(20)19-12-5-2-1-3-6-12/h4,7-8,12H,1-3,5-6,9-11,18H2,(H,19,20).